The summed E-state index contributed by atoms with van der Waals surface area (Å²) in [4.78, 5) is 18.5. The van der Waals surface area contributed by atoms with Crippen LogP contribution in [-0.2, 0) is 4.79 Å². The van der Waals surface area contributed by atoms with Crippen LogP contribution < -0.4 is 10.2 Å². The number of rotatable bonds is 5. The van der Waals surface area contributed by atoms with E-state index in [0.29, 0.717) is 12.3 Å². The number of carbonyl (C=O) groups is 1. The second-order valence-corrected chi connectivity index (χ2v) is 8.01. The minimum Gasteiger partial charge on any atom is -0.378 e. The molecule has 0 spiro atoms. The van der Waals surface area contributed by atoms with E-state index in [2.05, 4.69) is 22.1 Å². The molecule has 3 aromatic rings. The Kier molecular flexibility index (Phi) is 6.16. The molecule has 0 aliphatic heterocycles. The standard InChI is InChI=1S/C20H19N3OS2/c1-23(2)16-11-9-15(10-12-16)6-5-13-21-19(24)14-25-20-22-17-7-3-4-8-18(17)26-20/h3-4,7-12H,13-14H2,1-2H3,(H,21,24). The maximum atomic E-state index is 11.9. The molecule has 0 bridgehead atoms. The summed E-state index contributed by atoms with van der Waals surface area (Å²) < 4.78 is 2.05. The molecule has 1 heterocycles. The molecule has 0 radical (unpaired) electrons. The molecule has 1 amide bonds. The fourth-order valence-electron chi connectivity index (χ4n) is 2.22. The number of carbonyl (C=O) groups excluding carboxylic acids is 1. The molecule has 0 atom stereocenters. The summed E-state index contributed by atoms with van der Waals surface area (Å²) in [6.45, 7) is 0.342. The molecular weight excluding hydrogens is 362 g/mol. The third-order valence-electron chi connectivity index (χ3n) is 3.59. The number of hydrogen-bond acceptors (Lipinski definition) is 5. The van der Waals surface area contributed by atoms with Crippen LogP contribution in [0, 0.1) is 11.8 Å². The summed E-state index contributed by atoms with van der Waals surface area (Å²) in [7, 11) is 4.01. The lowest BCUT2D eigenvalue weighted by atomic mass is 10.2. The Morgan fingerprint density at radius 2 is 1.96 bits per heavy atom. The monoisotopic (exact) mass is 381 g/mol. The van der Waals surface area contributed by atoms with Crippen molar-refractivity contribution in [2.75, 3.05) is 31.3 Å². The zero-order chi connectivity index (χ0) is 18.4. The average molecular weight is 382 g/mol. The van der Waals surface area contributed by atoms with E-state index in [9.17, 15) is 4.79 Å². The molecule has 6 heteroatoms. The molecule has 0 aliphatic rings. The number of nitrogens with zero attached hydrogens (tertiary/aromatic N) is 2. The van der Waals surface area contributed by atoms with Crippen molar-refractivity contribution in [3.8, 4) is 11.8 Å². The van der Waals surface area contributed by atoms with Gasteiger partial charge in [0.1, 0.15) is 0 Å². The first-order valence-corrected chi connectivity index (χ1v) is 9.93. The number of anilines is 1. The van der Waals surface area contributed by atoms with Crippen LogP contribution in [0.5, 0.6) is 0 Å². The van der Waals surface area contributed by atoms with Crippen molar-refractivity contribution >= 4 is 44.9 Å². The van der Waals surface area contributed by atoms with Crippen LogP contribution in [-0.4, -0.2) is 37.3 Å². The van der Waals surface area contributed by atoms with Crippen molar-refractivity contribution in [3.63, 3.8) is 0 Å². The number of nitrogens with one attached hydrogen (secondary N) is 1. The van der Waals surface area contributed by atoms with Gasteiger partial charge in [-0.1, -0.05) is 35.7 Å². The van der Waals surface area contributed by atoms with Gasteiger partial charge in [0.2, 0.25) is 5.91 Å². The molecule has 0 fully saturated rings. The van der Waals surface area contributed by atoms with Crippen LogP contribution in [0.1, 0.15) is 5.56 Å². The zero-order valence-electron chi connectivity index (χ0n) is 14.7. The number of aromatic nitrogens is 1. The molecule has 132 valence electrons. The minimum absolute atomic E-state index is 0.0356. The van der Waals surface area contributed by atoms with Crippen LogP contribution in [0.3, 0.4) is 0 Å². The molecular formula is C20H19N3OS2. The van der Waals surface area contributed by atoms with Crippen molar-refractivity contribution in [2.24, 2.45) is 0 Å². The molecule has 0 saturated carbocycles. The number of benzene rings is 2. The van der Waals surface area contributed by atoms with E-state index in [1.807, 2.05) is 67.5 Å². The molecule has 2 aromatic carbocycles. The molecule has 1 aromatic heterocycles. The lowest BCUT2D eigenvalue weighted by molar-refractivity contribution is -0.118. The van der Waals surface area contributed by atoms with Gasteiger partial charge < -0.3 is 10.2 Å². The van der Waals surface area contributed by atoms with Gasteiger partial charge in [0.15, 0.2) is 4.34 Å². The first-order valence-electron chi connectivity index (χ1n) is 8.13. The highest BCUT2D eigenvalue weighted by Crippen LogP contribution is 2.28. The van der Waals surface area contributed by atoms with Gasteiger partial charge in [0.25, 0.3) is 0 Å². The maximum Gasteiger partial charge on any atom is 0.231 e. The summed E-state index contributed by atoms with van der Waals surface area (Å²) in [5.41, 5.74) is 3.05. The number of amides is 1. The fourth-order valence-corrected chi connectivity index (χ4v) is 4.12. The Hall–Kier alpha value is -2.49. The molecule has 0 saturated heterocycles. The van der Waals surface area contributed by atoms with Crippen LogP contribution >= 0.6 is 23.1 Å². The molecule has 0 aliphatic carbocycles. The largest absolute Gasteiger partial charge is 0.378 e. The van der Waals surface area contributed by atoms with Gasteiger partial charge in [0, 0.05) is 25.3 Å². The van der Waals surface area contributed by atoms with Crippen LogP contribution in [0.2, 0.25) is 0 Å². The summed E-state index contributed by atoms with van der Waals surface area (Å²) in [5, 5.41) is 2.82. The Labute approximate surface area is 161 Å². The van der Waals surface area contributed by atoms with Crippen molar-refractivity contribution in [2.45, 2.75) is 4.34 Å². The third-order valence-corrected chi connectivity index (χ3v) is 5.77. The van der Waals surface area contributed by atoms with Gasteiger partial charge in [-0.2, -0.15) is 0 Å². The van der Waals surface area contributed by atoms with E-state index in [-0.39, 0.29) is 5.91 Å². The van der Waals surface area contributed by atoms with E-state index >= 15 is 0 Å². The summed E-state index contributed by atoms with van der Waals surface area (Å²) in [6.07, 6.45) is 0. The van der Waals surface area contributed by atoms with Crippen molar-refractivity contribution in [1.82, 2.24) is 10.3 Å². The Morgan fingerprint density at radius 3 is 2.69 bits per heavy atom. The van der Waals surface area contributed by atoms with Gasteiger partial charge in [0.05, 0.1) is 22.5 Å². The number of thiazole rings is 1. The fraction of sp³-hybridized carbons (Fsp3) is 0.200. The number of fused-ring (bicyclic) bond motifs is 1. The molecule has 4 nitrogen and oxygen atoms in total. The quantitative estimate of drug-likeness (QED) is 0.542. The number of thioether (sulfide) groups is 1. The van der Waals surface area contributed by atoms with Gasteiger partial charge >= 0.3 is 0 Å². The van der Waals surface area contributed by atoms with Crippen LogP contribution in [0.4, 0.5) is 5.69 Å². The van der Waals surface area contributed by atoms with Crippen molar-refractivity contribution in [3.05, 3.63) is 54.1 Å². The summed E-state index contributed by atoms with van der Waals surface area (Å²) in [5.74, 6) is 6.35. The van der Waals surface area contributed by atoms with E-state index < -0.39 is 0 Å². The second-order valence-electron chi connectivity index (χ2n) is 5.76. The van der Waals surface area contributed by atoms with Crippen LogP contribution in [0.25, 0.3) is 10.2 Å². The summed E-state index contributed by atoms with van der Waals surface area (Å²) >= 11 is 3.06. The molecule has 3 rings (SSSR count). The van der Waals surface area contributed by atoms with E-state index in [1.165, 1.54) is 11.8 Å². The maximum absolute atomic E-state index is 11.9. The van der Waals surface area contributed by atoms with Crippen molar-refractivity contribution < 1.29 is 4.79 Å². The molecule has 1 N–H and O–H groups in total. The summed E-state index contributed by atoms with van der Waals surface area (Å²) in [6, 6.07) is 16.0. The van der Waals surface area contributed by atoms with E-state index in [0.717, 1.165) is 25.8 Å². The molecule has 26 heavy (non-hydrogen) atoms. The van der Waals surface area contributed by atoms with E-state index in [1.54, 1.807) is 11.3 Å². The van der Waals surface area contributed by atoms with Gasteiger partial charge in [-0.05, 0) is 36.4 Å². The second kappa shape index (κ2) is 8.75. The first kappa shape index (κ1) is 18.3. The number of para-hydroxylation sites is 1. The Balaban J connectivity index is 1.44. The molecule has 0 unspecified atom stereocenters. The average Bonchev–Trinajstić information content (AvgIpc) is 3.07. The predicted octanol–water partition coefficient (Wildman–Crippen LogP) is 3.62. The predicted molar refractivity (Wildman–Crippen MR) is 111 cm³/mol. The zero-order valence-corrected chi connectivity index (χ0v) is 16.3. The highest BCUT2D eigenvalue weighted by molar-refractivity contribution is 8.01. The topological polar surface area (TPSA) is 45.2 Å². The van der Waals surface area contributed by atoms with Gasteiger partial charge in [-0.3, -0.25) is 4.79 Å². The van der Waals surface area contributed by atoms with E-state index in [4.69, 9.17) is 0 Å². The van der Waals surface area contributed by atoms with Crippen LogP contribution in [0.15, 0.2) is 52.9 Å². The Bertz CT molecular complexity index is 919. The first-order chi connectivity index (χ1) is 12.6. The third kappa shape index (κ3) is 5.01. The van der Waals surface area contributed by atoms with Gasteiger partial charge in [-0.15, -0.1) is 11.3 Å². The normalized spacial score (nSPS) is 10.2. The lowest BCUT2D eigenvalue weighted by Gasteiger charge is -2.11. The highest BCUT2D eigenvalue weighted by atomic mass is 32.2. The van der Waals surface area contributed by atoms with Gasteiger partial charge in [-0.25, -0.2) is 4.98 Å². The highest BCUT2D eigenvalue weighted by Gasteiger charge is 2.06. The lowest BCUT2D eigenvalue weighted by Crippen LogP contribution is -2.25. The van der Waals surface area contributed by atoms with Crippen molar-refractivity contribution in [1.29, 1.82) is 0 Å². The smallest absolute Gasteiger partial charge is 0.231 e. The SMILES string of the molecule is CN(C)c1ccc(C#CCNC(=O)CSc2nc3ccccc3s2)cc1. The Morgan fingerprint density at radius 1 is 1.19 bits per heavy atom. The number of hydrogen-bond donors (Lipinski definition) is 1. The minimum atomic E-state index is -0.0356.